The van der Waals surface area contributed by atoms with Crippen molar-refractivity contribution in [3.63, 3.8) is 0 Å². The number of alkyl halides is 4. The van der Waals surface area contributed by atoms with Gasteiger partial charge in [-0.05, 0) is 40.0 Å². The predicted molar refractivity (Wildman–Crippen MR) is 90.3 cm³/mol. The monoisotopic (exact) mass is 402 g/mol. The molecule has 9 heteroatoms. The molecule has 0 aliphatic rings. The quantitative estimate of drug-likeness (QED) is 0.372. The van der Waals surface area contributed by atoms with Crippen LogP contribution in [0.15, 0.2) is 0 Å². The Morgan fingerprint density at radius 2 is 1.37 bits per heavy atom. The highest BCUT2D eigenvalue weighted by atomic mass is 19.4. The first kappa shape index (κ1) is 25.6. The van der Waals surface area contributed by atoms with Crippen molar-refractivity contribution in [3.8, 4) is 0 Å². The highest BCUT2D eigenvalue weighted by molar-refractivity contribution is 5.82. The van der Waals surface area contributed by atoms with Crippen LogP contribution in [0.5, 0.6) is 0 Å². The second-order valence-corrected chi connectivity index (χ2v) is 8.40. The van der Waals surface area contributed by atoms with E-state index in [9.17, 15) is 27.9 Å². The average molecular weight is 402 g/mol. The van der Waals surface area contributed by atoms with Crippen LogP contribution in [-0.2, 0) is 19.1 Å². The van der Waals surface area contributed by atoms with E-state index in [1.165, 1.54) is 6.92 Å². The van der Waals surface area contributed by atoms with Gasteiger partial charge in [0.05, 0.1) is 5.41 Å². The minimum Gasteiger partial charge on any atom is -0.457 e. The highest BCUT2D eigenvalue weighted by Crippen LogP contribution is 2.39. The molecule has 0 aromatic rings. The first-order valence-corrected chi connectivity index (χ1v) is 8.67. The molecule has 0 aliphatic carbocycles. The lowest BCUT2D eigenvalue weighted by Gasteiger charge is -2.36. The molecular formula is C18H30F4O5. The van der Waals surface area contributed by atoms with Crippen molar-refractivity contribution in [2.75, 3.05) is 0 Å². The van der Waals surface area contributed by atoms with E-state index >= 15 is 4.39 Å². The van der Waals surface area contributed by atoms with Gasteiger partial charge < -0.3 is 14.6 Å². The number of ether oxygens (including phenoxy) is 2. The van der Waals surface area contributed by atoms with Crippen LogP contribution in [0.25, 0.3) is 0 Å². The Morgan fingerprint density at radius 1 is 0.926 bits per heavy atom. The van der Waals surface area contributed by atoms with E-state index in [2.05, 4.69) is 4.74 Å². The molecule has 2 unspecified atom stereocenters. The molecule has 5 nitrogen and oxygen atoms in total. The van der Waals surface area contributed by atoms with E-state index in [-0.39, 0.29) is 19.3 Å². The van der Waals surface area contributed by atoms with Gasteiger partial charge in [0.15, 0.2) is 0 Å². The van der Waals surface area contributed by atoms with Gasteiger partial charge in [0.2, 0.25) is 5.67 Å². The third-order valence-corrected chi connectivity index (χ3v) is 4.76. The zero-order valence-corrected chi connectivity index (χ0v) is 17.1. The normalized spacial score (nSPS) is 17.9. The standard InChI is InChI=1S/C18H30F4O5/c1-9-17(19,13(24)26-15(6,7)11(2)3)10-14(4,5)12(23)27-16(8,25)18(20,21)22/h11,25H,9-10H2,1-8H3. The molecule has 0 bridgehead atoms. The lowest BCUT2D eigenvalue weighted by atomic mass is 9.79. The van der Waals surface area contributed by atoms with Gasteiger partial charge in [0.1, 0.15) is 5.60 Å². The zero-order chi connectivity index (χ0) is 22.1. The highest BCUT2D eigenvalue weighted by Gasteiger charge is 2.56. The SMILES string of the molecule is CCC(F)(CC(C)(C)C(=O)OC(C)(O)C(F)(F)F)C(=O)OC(C)(C)C(C)C. The predicted octanol–water partition coefficient (Wildman–Crippen LogP) is 4.31. The van der Waals surface area contributed by atoms with Gasteiger partial charge in [-0.15, -0.1) is 0 Å². The molecular weight excluding hydrogens is 372 g/mol. The van der Waals surface area contributed by atoms with Crippen molar-refractivity contribution < 1.29 is 41.7 Å². The second kappa shape index (κ2) is 7.93. The number of hydrogen-bond acceptors (Lipinski definition) is 5. The summed E-state index contributed by atoms with van der Waals surface area (Å²) in [5, 5.41) is 9.31. The van der Waals surface area contributed by atoms with Crippen molar-refractivity contribution in [1.82, 2.24) is 0 Å². The Bertz CT molecular complexity index is 552. The molecule has 0 aliphatic heterocycles. The van der Waals surface area contributed by atoms with Gasteiger partial charge in [-0.25, -0.2) is 9.18 Å². The lowest BCUT2D eigenvalue weighted by Crippen LogP contribution is -2.50. The molecule has 0 radical (unpaired) electrons. The summed E-state index contributed by atoms with van der Waals surface area (Å²) in [6.45, 7) is 10.6. The Morgan fingerprint density at radius 3 is 1.70 bits per heavy atom. The zero-order valence-electron chi connectivity index (χ0n) is 17.1. The smallest absolute Gasteiger partial charge is 0.455 e. The Labute approximate surface area is 157 Å². The first-order valence-electron chi connectivity index (χ1n) is 8.67. The molecule has 0 aromatic carbocycles. The molecule has 0 heterocycles. The van der Waals surface area contributed by atoms with Gasteiger partial charge >= 0.3 is 23.9 Å². The lowest BCUT2D eigenvalue weighted by molar-refractivity contribution is -0.345. The number of hydrogen-bond donors (Lipinski definition) is 1. The van der Waals surface area contributed by atoms with Gasteiger partial charge in [-0.2, -0.15) is 13.2 Å². The Balaban J connectivity index is 5.47. The maximum Gasteiger partial charge on any atom is 0.455 e. The van der Waals surface area contributed by atoms with Crippen LogP contribution in [0.4, 0.5) is 17.6 Å². The minimum atomic E-state index is -5.23. The van der Waals surface area contributed by atoms with E-state index in [1.807, 2.05) is 0 Å². The summed E-state index contributed by atoms with van der Waals surface area (Å²) in [6.07, 6.45) is -6.35. The molecule has 0 amide bonds. The van der Waals surface area contributed by atoms with Crippen LogP contribution in [0.1, 0.15) is 68.2 Å². The number of esters is 2. The fourth-order valence-corrected chi connectivity index (χ4v) is 1.94. The number of halogens is 4. The summed E-state index contributed by atoms with van der Waals surface area (Å²) in [7, 11) is 0. The van der Waals surface area contributed by atoms with Crippen molar-refractivity contribution in [2.24, 2.45) is 11.3 Å². The van der Waals surface area contributed by atoms with Gasteiger partial charge in [0, 0.05) is 13.3 Å². The molecule has 160 valence electrons. The van der Waals surface area contributed by atoms with Gasteiger partial charge in [-0.1, -0.05) is 20.8 Å². The van der Waals surface area contributed by atoms with Crippen LogP contribution in [0.3, 0.4) is 0 Å². The molecule has 27 heavy (non-hydrogen) atoms. The van der Waals surface area contributed by atoms with Crippen molar-refractivity contribution in [3.05, 3.63) is 0 Å². The van der Waals surface area contributed by atoms with Gasteiger partial charge in [-0.3, -0.25) is 4.79 Å². The topological polar surface area (TPSA) is 72.8 Å². The Kier molecular flexibility index (Phi) is 7.52. The molecule has 0 fully saturated rings. The van der Waals surface area contributed by atoms with Crippen molar-refractivity contribution in [2.45, 2.75) is 91.5 Å². The molecule has 0 aromatic heterocycles. The number of carbonyl (C=O) groups is 2. The maximum absolute atomic E-state index is 15.3. The third kappa shape index (κ3) is 6.33. The number of carbonyl (C=O) groups excluding carboxylic acids is 2. The van der Waals surface area contributed by atoms with E-state index in [4.69, 9.17) is 4.74 Å². The number of rotatable bonds is 8. The van der Waals surface area contributed by atoms with E-state index < -0.39 is 47.0 Å². The van der Waals surface area contributed by atoms with Crippen molar-refractivity contribution >= 4 is 11.9 Å². The minimum absolute atomic E-state index is 0.123. The first-order chi connectivity index (χ1) is 11.7. The average Bonchev–Trinajstić information content (AvgIpc) is 2.44. The third-order valence-electron chi connectivity index (χ3n) is 4.76. The largest absolute Gasteiger partial charge is 0.457 e. The molecule has 0 saturated heterocycles. The summed E-state index contributed by atoms with van der Waals surface area (Å²) >= 11 is 0. The summed E-state index contributed by atoms with van der Waals surface area (Å²) in [5.74, 6) is -6.54. The summed E-state index contributed by atoms with van der Waals surface area (Å²) in [4.78, 5) is 24.5. The fourth-order valence-electron chi connectivity index (χ4n) is 1.94. The van der Waals surface area contributed by atoms with Crippen LogP contribution >= 0.6 is 0 Å². The molecule has 0 rings (SSSR count). The van der Waals surface area contributed by atoms with Crippen molar-refractivity contribution in [1.29, 1.82) is 0 Å². The maximum atomic E-state index is 15.3. The molecule has 1 N–H and O–H groups in total. The van der Waals surface area contributed by atoms with Crippen LogP contribution in [-0.4, -0.2) is 40.3 Å². The molecule has 0 saturated carbocycles. The number of aliphatic hydroxyl groups is 1. The van der Waals surface area contributed by atoms with E-state index in [0.29, 0.717) is 0 Å². The van der Waals surface area contributed by atoms with Crippen LogP contribution < -0.4 is 0 Å². The van der Waals surface area contributed by atoms with Crippen LogP contribution in [0, 0.1) is 11.3 Å². The van der Waals surface area contributed by atoms with Crippen LogP contribution in [0.2, 0.25) is 0 Å². The van der Waals surface area contributed by atoms with E-state index in [1.54, 1.807) is 27.7 Å². The summed E-state index contributed by atoms with van der Waals surface area (Å²) in [5.41, 5.74) is -5.42. The fraction of sp³-hybridized carbons (Fsp3) is 0.889. The van der Waals surface area contributed by atoms with E-state index in [0.717, 1.165) is 13.8 Å². The molecule has 2 atom stereocenters. The Hall–Kier alpha value is -1.38. The second-order valence-electron chi connectivity index (χ2n) is 8.40. The molecule has 0 spiro atoms. The summed E-state index contributed by atoms with van der Waals surface area (Å²) < 4.78 is 62.8. The summed E-state index contributed by atoms with van der Waals surface area (Å²) in [6, 6.07) is 0. The van der Waals surface area contributed by atoms with Gasteiger partial charge in [0.25, 0.3) is 0 Å².